The van der Waals surface area contributed by atoms with E-state index in [1.165, 1.54) is 9.36 Å². The Kier molecular flexibility index (Phi) is 3.33. The summed E-state index contributed by atoms with van der Waals surface area (Å²) in [5.41, 5.74) is 0.643. The van der Waals surface area contributed by atoms with Gasteiger partial charge in [-0.15, -0.1) is 0 Å². The summed E-state index contributed by atoms with van der Waals surface area (Å²) >= 11 is 11.6. The van der Waals surface area contributed by atoms with Gasteiger partial charge in [0.25, 0.3) is 0 Å². The number of hydrogen-bond donors (Lipinski definition) is 0. The molecule has 2 aromatic rings. The van der Waals surface area contributed by atoms with Gasteiger partial charge in [-0.1, -0.05) is 23.7 Å². The number of benzene rings is 1. The summed E-state index contributed by atoms with van der Waals surface area (Å²) in [5, 5.41) is 8.67. The maximum Gasteiger partial charge on any atom is 0.221 e. The topological polar surface area (TPSA) is 71.2 Å². The van der Waals surface area contributed by atoms with Crippen LogP contribution in [0.25, 0.3) is 5.69 Å². The van der Waals surface area contributed by atoms with Gasteiger partial charge in [0.2, 0.25) is 11.1 Å². The first kappa shape index (κ1) is 14.0. The van der Waals surface area contributed by atoms with Crippen molar-refractivity contribution in [2.45, 2.75) is 24.9 Å². The smallest absolute Gasteiger partial charge is 0.221 e. The van der Waals surface area contributed by atoms with Crippen LogP contribution in [0.5, 0.6) is 0 Å². The molecule has 1 aromatic carbocycles. The molecule has 2 fully saturated rings. The summed E-state index contributed by atoms with van der Waals surface area (Å²) in [6, 6.07) is 6.90. The third kappa shape index (κ3) is 2.11. The van der Waals surface area contributed by atoms with Crippen molar-refractivity contribution in [3.8, 4) is 5.69 Å². The van der Waals surface area contributed by atoms with Crippen LogP contribution in [-0.4, -0.2) is 44.6 Å². The average Bonchev–Trinajstić information content (AvgIpc) is 3.10. The number of aromatic nitrogens is 4. The Bertz CT molecular complexity index is 805. The molecule has 2 aliphatic heterocycles. The summed E-state index contributed by atoms with van der Waals surface area (Å²) in [4.78, 5) is 11.9. The predicted octanol–water partition coefficient (Wildman–Crippen LogP) is 1.71. The lowest BCUT2D eigenvalue weighted by atomic mass is 10.0. The standard InChI is InChI=1S/C13H11ClN4O3S/c14-7-3-1-2-4-8(7)17-13(22)18(16-15-17)9-5-10(19)12-20-6-11(9)21-12/h1-4,9,11-12H,5-6H2/t9-,11+,12-/m0/s1. The van der Waals surface area contributed by atoms with Gasteiger partial charge in [-0.25, -0.2) is 4.68 Å². The third-order valence-electron chi connectivity index (χ3n) is 3.81. The van der Waals surface area contributed by atoms with Crippen LogP contribution in [-0.2, 0) is 14.3 Å². The normalized spacial score (nSPS) is 27.3. The molecule has 0 spiro atoms. The molecule has 4 rings (SSSR count). The molecule has 3 atom stereocenters. The number of halogens is 1. The van der Waals surface area contributed by atoms with E-state index in [-0.39, 0.29) is 24.3 Å². The number of tetrazole rings is 1. The number of rotatable bonds is 2. The van der Waals surface area contributed by atoms with Crippen LogP contribution in [0.1, 0.15) is 12.5 Å². The van der Waals surface area contributed by atoms with Crippen LogP contribution in [0.15, 0.2) is 24.3 Å². The van der Waals surface area contributed by atoms with E-state index in [0.29, 0.717) is 22.1 Å². The van der Waals surface area contributed by atoms with E-state index in [9.17, 15) is 4.79 Å². The molecule has 2 bridgehead atoms. The van der Waals surface area contributed by atoms with Crippen LogP contribution in [0.3, 0.4) is 0 Å². The highest BCUT2D eigenvalue weighted by molar-refractivity contribution is 7.71. The SMILES string of the molecule is O=C1C[C@H](n2nnn(-c3ccccc3Cl)c2=S)[C@H]2CO[C@H]1O2. The first-order chi connectivity index (χ1) is 10.6. The van der Waals surface area contributed by atoms with Gasteiger partial charge in [-0.3, -0.25) is 4.79 Å². The van der Waals surface area contributed by atoms with Gasteiger partial charge in [-0.05, 0) is 34.8 Å². The van der Waals surface area contributed by atoms with E-state index in [4.69, 9.17) is 33.3 Å². The summed E-state index contributed by atoms with van der Waals surface area (Å²) in [6.45, 7) is 0.349. The Morgan fingerprint density at radius 2 is 2.14 bits per heavy atom. The van der Waals surface area contributed by atoms with Crippen molar-refractivity contribution in [2.75, 3.05) is 6.61 Å². The summed E-state index contributed by atoms with van der Waals surface area (Å²) < 4.78 is 14.2. The lowest BCUT2D eigenvalue weighted by Crippen LogP contribution is -2.37. The summed E-state index contributed by atoms with van der Waals surface area (Å²) in [5.74, 6) is -0.104. The van der Waals surface area contributed by atoms with Crippen LogP contribution >= 0.6 is 23.8 Å². The maximum absolute atomic E-state index is 11.9. The molecule has 9 heteroatoms. The van der Waals surface area contributed by atoms with Gasteiger partial charge in [0.05, 0.1) is 23.4 Å². The summed E-state index contributed by atoms with van der Waals surface area (Å²) in [7, 11) is 0. The van der Waals surface area contributed by atoms with Crippen molar-refractivity contribution in [3.63, 3.8) is 0 Å². The molecule has 2 saturated heterocycles. The first-order valence-corrected chi connectivity index (χ1v) is 7.53. The van der Waals surface area contributed by atoms with Crippen molar-refractivity contribution in [3.05, 3.63) is 34.1 Å². The lowest BCUT2D eigenvalue weighted by molar-refractivity contribution is -0.156. The molecule has 1 aromatic heterocycles. The fourth-order valence-electron chi connectivity index (χ4n) is 2.71. The number of hydrogen-bond acceptors (Lipinski definition) is 6. The molecule has 0 radical (unpaired) electrons. The van der Waals surface area contributed by atoms with Crippen LogP contribution in [0, 0.1) is 4.77 Å². The Labute approximate surface area is 135 Å². The van der Waals surface area contributed by atoms with Gasteiger partial charge < -0.3 is 9.47 Å². The third-order valence-corrected chi connectivity index (χ3v) is 4.49. The molecule has 0 aliphatic carbocycles. The van der Waals surface area contributed by atoms with Crippen molar-refractivity contribution in [1.82, 2.24) is 19.8 Å². The number of para-hydroxylation sites is 1. The van der Waals surface area contributed by atoms with E-state index in [2.05, 4.69) is 10.4 Å². The van der Waals surface area contributed by atoms with Gasteiger partial charge in [-0.2, -0.15) is 4.68 Å². The van der Waals surface area contributed by atoms with Gasteiger partial charge in [0, 0.05) is 6.42 Å². The number of carbonyl (C=O) groups is 1. The second-order valence-electron chi connectivity index (χ2n) is 5.15. The molecule has 0 amide bonds. The zero-order chi connectivity index (χ0) is 15.3. The zero-order valence-corrected chi connectivity index (χ0v) is 12.8. The minimum atomic E-state index is -0.742. The molecule has 0 N–H and O–H groups in total. The van der Waals surface area contributed by atoms with E-state index < -0.39 is 6.29 Å². The number of ether oxygens (including phenoxy) is 2. The minimum Gasteiger partial charge on any atom is -0.343 e. The number of fused-ring (bicyclic) bond motifs is 2. The van der Waals surface area contributed by atoms with E-state index in [1.54, 1.807) is 12.1 Å². The maximum atomic E-state index is 11.9. The van der Waals surface area contributed by atoms with E-state index >= 15 is 0 Å². The van der Waals surface area contributed by atoms with Gasteiger partial charge in [0.1, 0.15) is 6.10 Å². The molecule has 0 unspecified atom stereocenters. The van der Waals surface area contributed by atoms with E-state index in [0.717, 1.165) is 0 Å². The molecule has 22 heavy (non-hydrogen) atoms. The van der Waals surface area contributed by atoms with Gasteiger partial charge >= 0.3 is 0 Å². The Morgan fingerprint density at radius 3 is 2.95 bits per heavy atom. The first-order valence-electron chi connectivity index (χ1n) is 6.74. The number of ketones is 1. The average molecular weight is 339 g/mol. The molecule has 2 aliphatic rings. The van der Waals surface area contributed by atoms with Crippen LogP contribution in [0.4, 0.5) is 0 Å². The Hall–Kier alpha value is -1.61. The minimum absolute atomic E-state index is 0.104. The van der Waals surface area contributed by atoms with Gasteiger partial charge in [0.15, 0.2) is 5.78 Å². The molecular weight excluding hydrogens is 328 g/mol. The van der Waals surface area contributed by atoms with Crippen LogP contribution in [0.2, 0.25) is 5.02 Å². The second kappa shape index (κ2) is 5.24. The Balaban J connectivity index is 1.75. The second-order valence-corrected chi connectivity index (χ2v) is 5.92. The summed E-state index contributed by atoms with van der Waals surface area (Å²) in [6.07, 6.45) is -0.718. The number of Topliss-reactive ketones (excluding diaryl/α,β-unsaturated/α-hetero) is 1. The number of nitrogens with zero attached hydrogens (tertiary/aromatic N) is 4. The quantitative estimate of drug-likeness (QED) is 0.776. The van der Waals surface area contributed by atoms with Crippen molar-refractivity contribution in [1.29, 1.82) is 0 Å². The van der Waals surface area contributed by atoms with Crippen molar-refractivity contribution in [2.24, 2.45) is 0 Å². The fraction of sp³-hybridized carbons (Fsp3) is 0.385. The zero-order valence-electron chi connectivity index (χ0n) is 11.3. The molecule has 0 saturated carbocycles. The van der Waals surface area contributed by atoms with Crippen LogP contribution < -0.4 is 0 Å². The largest absolute Gasteiger partial charge is 0.343 e. The molecular formula is C13H11ClN4O3S. The number of carbonyl (C=O) groups excluding carboxylic acids is 1. The highest BCUT2D eigenvalue weighted by atomic mass is 35.5. The Morgan fingerprint density at radius 1 is 1.32 bits per heavy atom. The predicted molar refractivity (Wildman–Crippen MR) is 78.5 cm³/mol. The van der Waals surface area contributed by atoms with Crippen molar-refractivity contribution < 1.29 is 14.3 Å². The molecule has 3 heterocycles. The van der Waals surface area contributed by atoms with Crippen molar-refractivity contribution >= 4 is 29.6 Å². The molecule has 7 nitrogen and oxygen atoms in total. The highest BCUT2D eigenvalue weighted by Gasteiger charge is 2.45. The lowest BCUT2D eigenvalue weighted by Gasteiger charge is -2.25. The highest BCUT2D eigenvalue weighted by Crippen LogP contribution is 2.32. The van der Waals surface area contributed by atoms with E-state index in [1.807, 2.05) is 12.1 Å². The monoisotopic (exact) mass is 338 g/mol. The fourth-order valence-corrected chi connectivity index (χ4v) is 3.23. The molecule has 114 valence electrons.